The van der Waals surface area contributed by atoms with Gasteiger partial charge in [-0.15, -0.1) is 0 Å². The van der Waals surface area contributed by atoms with Crippen LogP contribution in [0.5, 0.6) is 0 Å². The molecule has 0 heterocycles. The van der Waals surface area contributed by atoms with Crippen molar-refractivity contribution in [3.63, 3.8) is 0 Å². The monoisotopic (exact) mass is 286 g/mol. The van der Waals surface area contributed by atoms with E-state index < -0.39 is 0 Å². The predicted octanol–water partition coefficient (Wildman–Crippen LogP) is 4.04. The largest absolute Gasteiger partial charge is 0.230 e. The normalized spacial score (nSPS) is 15.4. The smallest absolute Gasteiger partial charge is 0.153 e. The molecule has 2 atom stereocenters. The molecule has 0 N–H and O–H groups in total. The summed E-state index contributed by atoms with van der Waals surface area (Å²) in [7, 11) is 0. The van der Waals surface area contributed by atoms with Crippen molar-refractivity contribution >= 4 is 0 Å². The Labute approximate surface area is 124 Å². The molecule has 0 aliphatic heterocycles. The van der Waals surface area contributed by atoms with E-state index in [0.29, 0.717) is 0 Å². The topological polar surface area (TPSA) is 36.9 Å². The van der Waals surface area contributed by atoms with Crippen molar-refractivity contribution in [3.8, 4) is 11.8 Å². The zero-order valence-electron chi connectivity index (χ0n) is 14.2. The van der Waals surface area contributed by atoms with Gasteiger partial charge in [0.15, 0.2) is 12.2 Å². The van der Waals surface area contributed by atoms with Crippen LogP contribution in [0.4, 0.5) is 0 Å². The third-order valence-corrected chi connectivity index (χ3v) is 1.86. The fourth-order valence-electron chi connectivity index (χ4n) is 1.06. The highest BCUT2D eigenvalue weighted by Gasteiger charge is 2.16. The lowest BCUT2D eigenvalue weighted by molar-refractivity contribution is -0.364. The molecule has 0 bridgehead atoms. The van der Waals surface area contributed by atoms with Crippen molar-refractivity contribution in [3.05, 3.63) is 0 Å². The summed E-state index contributed by atoms with van der Waals surface area (Å²) < 4.78 is 0. The Kier molecular flexibility index (Phi) is 8.38. The van der Waals surface area contributed by atoms with Crippen LogP contribution in [0, 0.1) is 11.8 Å². The minimum atomic E-state index is -0.343. The zero-order valence-corrected chi connectivity index (χ0v) is 14.2. The standard InChI is InChI=1S/C16H30O4/c1-9-10-14(18-20-16(6,7)8)12-11-13(2)17-19-15(3,4)5/h13-14H,9-10H2,1-8H3. The van der Waals surface area contributed by atoms with Crippen LogP contribution in [0.1, 0.15) is 68.2 Å². The van der Waals surface area contributed by atoms with Crippen LogP contribution in [0.15, 0.2) is 0 Å². The molecule has 0 saturated heterocycles. The molecule has 0 saturated carbocycles. The Morgan fingerprint density at radius 3 is 1.80 bits per heavy atom. The molecule has 4 nitrogen and oxygen atoms in total. The maximum absolute atomic E-state index is 5.37. The molecule has 0 radical (unpaired) electrons. The Balaban J connectivity index is 4.33. The number of hydrogen-bond acceptors (Lipinski definition) is 4. The molecule has 0 amide bonds. The minimum absolute atomic E-state index is 0.250. The van der Waals surface area contributed by atoms with Gasteiger partial charge in [0, 0.05) is 0 Å². The Hall–Kier alpha value is -0.600. The van der Waals surface area contributed by atoms with Gasteiger partial charge in [0.25, 0.3) is 0 Å². The van der Waals surface area contributed by atoms with E-state index in [-0.39, 0.29) is 23.4 Å². The van der Waals surface area contributed by atoms with Crippen molar-refractivity contribution < 1.29 is 19.6 Å². The van der Waals surface area contributed by atoms with Gasteiger partial charge in [-0.3, -0.25) is 0 Å². The van der Waals surface area contributed by atoms with Crippen molar-refractivity contribution in [1.29, 1.82) is 0 Å². The van der Waals surface area contributed by atoms with E-state index >= 15 is 0 Å². The van der Waals surface area contributed by atoms with Crippen molar-refractivity contribution in [2.75, 3.05) is 0 Å². The fraction of sp³-hybridized carbons (Fsp3) is 0.875. The predicted molar refractivity (Wildman–Crippen MR) is 79.8 cm³/mol. The third-order valence-electron chi connectivity index (χ3n) is 1.86. The van der Waals surface area contributed by atoms with E-state index in [2.05, 4.69) is 18.8 Å². The van der Waals surface area contributed by atoms with Crippen LogP contribution in [0.3, 0.4) is 0 Å². The minimum Gasteiger partial charge on any atom is -0.230 e. The maximum Gasteiger partial charge on any atom is 0.153 e. The first-order valence-electron chi connectivity index (χ1n) is 7.23. The lowest BCUT2D eigenvalue weighted by Gasteiger charge is -2.21. The second-order valence-electron chi connectivity index (χ2n) is 6.79. The lowest BCUT2D eigenvalue weighted by atomic mass is 10.2. The molecule has 0 spiro atoms. The Morgan fingerprint density at radius 2 is 1.35 bits per heavy atom. The zero-order chi connectivity index (χ0) is 15.8. The highest BCUT2D eigenvalue weighted by Crippen LogP contribution is 2.12. The molecule has 2 unspecified atom stereocenters. The molecular weight excluding hydrogens is 256 g/mol. The van der Waals surface area contributed by atoms with Gasteiger partial charge in [0.1, 0.15) is 0 Å². The van der Waals surface area contributed by atoms with E-state index in [0.717, 1.165) is 12.8 Å². The molecule has 0 aromatic heterocycles. The van der Waals surface area contributed by atoms with Gasteiger partial charge in [-0.25, -0.2) is 19.6 Å². The number of rotatable bonds is 6. The molecule has 4 heteroatoms. The van der Waals surface area contributed by atoms with Gasteiger partial charge in [0.2, 0.25) is 0 Å². The van der Waals surface area contributed by atoms with Crippen LogP contribution in [-0.4, -0.2) is 23.4 Å². The molecule has 0 aromatic rings. The molecule has 0 aliphatic rings. The molecule has 118 valence electrons. The van der Waals surface area contributed by atoms with Crippen LogP contribution in [0.2, 0.25) is 0 Å². The summed E-state index contributed by atoms with van der Waals surface area (Å²) in [6.45, 7) is 15.5. The molecule has 0 aliphatic carbocycles. The average Bonchev–Trinajstić information content (AvgIpc) is 2.28. The molecule has 0 aromatic carbocycles. The second kappa shape index (κ2) is 8.63. The quantitative estimate of drug-likeness (QED) is 0.419. The van der Waals surface area contributed by atoms with Crippen LogP contribution >= 0.6 is 0 Å². The van der Waals surface area contributed by atoms with Crippen molar-refractivity contribution in [2.45, 2.75) is 91.6 Å². The molecule has 0 fully saturated rings. The first-order chi connectivity index (χ1) is 9.03. The summed E-state index contributed by atoms with van der Waals surface area (Å²) in [6, 6.07) is 0. The van der Waals surface area contributed by atoms with E-state index in [4.69, 9.17) is 19.6 Å². The van der Waals surface area contributed by atoms with Gasteiger partial charge in [-0.1, -0.05) is 25.2 Å². The van der Waals surface area contributed by atoms with Gasteiger partial charge in [-0.05, 0) is 54.9 Å². The first kappa shape index (κ1) is 19.4. The van der Waals surface area contributed by atoms with Gasteiger partial charge >= 0.3 is 0 Å². The van der Waals surface area contributed by atoms with E-state index in [9.17, 15) is 0 Å². The van der Waals surface area contributed by atoms with Gasteiger partial charge < -0.3 is 0 Å². The third kappa shape index (κ3) is 12.4. The summed E-state index contributed by atoms with van der Waals surface area (Å²) in [5.41, 5.74) is -0.685. The summed E-state index contributed by atoms with van der Waals surface area (Å²) in [5.74, 6) is 6.00. The lowest BCUT2D eigenvalue weighted by Crippen LogP contribution is -2.24. The summed E-state index contributed by atoms with van der Waals surface area (Å²) in [6.07, 6.45) is 1.22. The summed E-state index contributed by atoms with van der Waals surface area (Å²) in [4.78, 5) is 21.1. The molecular formula is C16H30O4. The van der Waals surface area contributed by atoms with Gasteiger partial charge in [-0.2, -0.15) is 0 Å². The van der Waals surface area contributed by atoms with E-state index in [1.807, 2.05) is 48.5 Å². The van der Waals surface area contributed by atoms with Crippen molar-refractivity contribution in [2.24, 2.45) is 0 Å². The summed E-state index contributed by atoms with van der Waals surface area (Å²) >= 11 is 0. The maximum atomic E-state index is 5.37. The second-order valence-corrected chi connectivity index (χ2v) is 6.79. The highest BCUT2D eigenvalue weighted by molar-refractivity contribution is 5.08. The van der Waals surface area contributed by atoms with E-state index in [1.165, 1.54) is 0 Å². The Morgan fingerprint density at radius 1 is 0.850 bits per heavy atom. The van der Waals surface area contributed by atoms with Crippen LogP contribution < -0.4 is 0 Å². The molecule has 0 rings (SSSR count). The SMILES string of the molecule is CCCC(C#CC(C)OOC(C)(C)C)OOC(C)(C)C. The summed E-state index contributed by atoms with van der Waals surface area (Å²) in [5, 5.41) is 0. The van der Waals surface area contributed by atoms with E-state index in [1.54, 1.807) is 0 Å². The number of hydrogen-bond donors (Lipinski definition) is 0. The van der Waals surface area contributed by atoms with Crippen molar-refractivity contribution in [1.82, 2.24) is 0 Å². The highest BCUT2D eigenvalue weighted by atomic mass is 17.2. The Bertz CT molecular complexity index is 314. The van der Waals surface area contributed by atoms with Gasteiger partial charge in [0.05, 0.1) is 11.2 Å². The fourth-order valence-corrected chi connectivity index (χ4v) is 1.06. The first-order valence-corrected chi connectivity index (χ1v) is 7.23. The average molecular weight is 286 g/mol. The van der Waals surface area contributed by atoms with Crippen LogP contribution in [0.25, 0.3) is 0 Å². The molecule has 20 heavy (non-hydrogen) atoms. The van der Waals surface area contributed by atoms with Crippen LogP contribution in [-0.2, 0) is 19.6 Å².